The van der Waals surface area contributed by atoms with E-state index < -0.39 is 41.7 Å². The lowest BCUT2D eigenvalue weighted by Crippen LogP contribution is -2.33. The summed E-state index contributed by atoms with van der Waals surface area (Å²) in [5.41, 5.74) is -0.500. The van der Waals surface area contributed by atoms with Crippen molar-refractivity contribution < 1.29 is 27.9 Å². The van der Waals surface area contributed by atoms with Crippen LogP contribution < -0.4 is 0 Å². The molecule has 0 saturated heterocycles. The van der Waals surface area contributed by atoms with Crippen LogP contribution in [0.3, 0.4) is 0 Å². The molecule has 0 fully saturated rings. The summed E-state index contributed by atoms with van der Waals surface area (Å²) in [5.74, 6) is -4.73. The average molecular weight is 317 g/mol. The van der Waals surface area contributed by atoms with E-state index in [0.29, 0.717) is 4.90 Å². The smallest absolute Gasteiger partial charge is 0.345 e. The van der Waals surface area contributed by atoms with Gasteiger partial charge in [0.1, 0.15) is 17.2 Å². The SMILES string of the molecule is O=C(OCN1C(=O)c2ccccc2C1=O)c1c(F)cccc1F. The first-order valence-corrected chi connectivity index (χ1v) is 6.57. The molecule has 0 unspecified atom stereocenters. The van der Waals surface area contributed by atoms with Crippen molar-refractivity contribution in [1.29, 1.82) is 0 Å². The molecule has 0 aromatic heterocycles. The van der Waals surface area contributed by atoms with Crippen molar-refractivity contribution >= 4 is 17.8 Å². The van der Waals surface area contributed by atoms with E-state index in [1.165, 1.54) is 12.1 Å². The molecule has 7 heteroatoms. The molecular weight excluding hydrogens is 308 g/mol. The van der Waals surface area contributed by atoms with Gasteiger partial charge in [-0.05, 0) is 24.3 Å². The fraction of sp³-hybridized carbons (Fsp3) is 0.0625. The van der Waals surface area contributed by atoms with Crippen LogP contribution in [0.15, 0.2) is 42.5 Å². The van der Waals surface area contributed by atoms with Gasteiger partial charge in [-0.15, -0.1) is 0 Å². The zero-order valence-corrected chi connectivity index (χ0v) is 11.6. The van der Waals surface area contributed by atoms with E-state index in [1.807, 2.05) is 0 Å². The molecular formula is C16H9F2NO4. The van der Waals surface area contributed by atoms with Gasteiger partial charge in [0, 0.05) is 0 Å². The van der Waals surface area contributed by atoms with E-state index >= 15 is 0 Å². The van der Waals surface area contributed by atoms with E-state index in [4.69, 9.17) is 4.74 Å². The molecule has 3 rings (SSSR count). The Hall–Kier alpha value is -3.09. The number of nitrogens with zero attached hydrogens (tertiary/aromatic N) is 1. The number of ether oxygens (including phenoxy) is 1. The zero-order valence-electron chi connectivity index (χ0n) is 11.6. The first-order chi connectivity index (χ1) is 11.0. The highest BCUT2D eigenvalue weighted by Crippen LogP contribution is 2.22. The molecule has 2 aromatic carbocycles. The lowest BCUT2D eigenvalue weighted by atomic mass is 10.1. The van der Waals surface area contributed by atoms with Gasteiger partial charge in [-0.1, -0.05) is 18.2 Å². The fourth-order valence-electron chi connectivity index (χ4n) is 2.24. The fourth-order valence-corrected chi connectivity index (χ4v) is 2.24. The van der Waals surface area contributed by atoms with Crippen LogP contribution in [0.4, 0.5) is 8.78 Å². The highest BCUT2D eigenvalue weighted by molar-refractivity contribution is 6.21. The average Bonchev–Trinajstić information content (AvgIpc) is 2.77. The standard InChI is InChI=1S/C16H9F2NO4/c17-11-6-3-7-12(18)13(11)16(22)23-8-19-14(20)9-4-1-2-5-10(9)15(19)21/h1-7H,8H2. The van der Waals surface area contributed by atoms with E-state index in [9.17, 15) is 23.2 Å². The summed E-state index contributed by atoms with van der Waals surface area (Å²) in [6.07, 6.45) is 0. The molecule has 1 aliphatic rings. The normalized spacial score (nSPS) is 13.2. The summed E-state index contributed by atoms with van der Waals surface area (Å²) < 4.78 is 31.7. The predicted octanol–water partition coefficient (Wildman–Crippen LogP) is 2.38. The molecule has 1 aliphatic heterocycles. The van der Waals surface area contributed by atoms with E-state index in [2.05, 4.69) is 0 Å². The molecule has 2 amide bonds. The Labute approximate surface area is 129 Å². The highest BCUT2D eigenvalue weighted by Gasteiger charge is 2.36. The van der Waals surface area contributed by atoms with Gasteiger partial charge in [0.25, 0.3) is 11.8 Å². The molecule has 0 saturated carbocycles. The number of esters is 1. The molecule has 0 N–H and O–H groups in total. The second-order valence-corrected chi connectivity index (χ2v) is 4.74. The Morgan fingerprint density at radius 2 is 1.43 bits per heavy atom. The number of hydrogen-bond donors (Lipinski definition) is 0. The first kappa shape index (κ1) is 14.8. The number of rotatable bonds is 3. The summed E-state index contributed by atoms with van der Waals surface area (Å²) in [4.78, 5) is 36.6. The van der Waals surface area contributed by atoms with Crippen LogP contribution in [0.5, 0.6) is 0 Å². The molecule has 2 aromatic rings. The molecule has 23 heavy (non-hydrogen) atoms. The second-order valence-electron chi connectivity index (χ2n) is 4.74. The predicted molar refractivity (Wildman–Crippen MR) is 73.6 cm³/mol. The van der Waals surface area contributed by atoms with Gasteiger partial charge in [0.2, 0.25) is 0 Å². The highest BCUT2D eigenvalue weighted by atomic mass is 19.1. The summed E-state index contributed by atoms with van der Waals surface area (Å²) in [7, 11) is 0. The topological polar surface area (TPSA) is 63.7 Å². The minimum absolute atomic E-state index is 0.186. The molecule has 0 spiro atoms. The minimum atomic E-state index is -1.29. The second kappa shape index (κ2) is 5.60. The van der Waals surface area contributed by atoms with Crippen LogP contribution in [-0.2, 0) is 4.74 Å². The summed E-state index contributed by atoms with van der Waals surface area (Å²) >= 11 is 0. The maximum Gasteiger partial charge on any atom is 0.345 e. The quantitative estimate of drug-likeness (QED) is 0.644. The Morgan fingerprint density at radius 3 is 1.96 bits per heavy atom. The van der Waals surface area contributed by atoms with Gasteiger partial charge < -0.3 is 4.74 Å². The number of amides is 2. The van der Waals surface area contributed by atoms with Crippen LogP contribution in [-0.4, -0.2) is 29.4 Å². The molecule has 0 radical (unpaired) electrons. The van der Waals surface area contributed by atoms with Crippen LogP contribution in [0, 0.1) is 11.6 Å². The molecule has 1 heterocycles. The van der Waals surface area contributed by atoms with Gasteiger partial charge in [-0.2, -0.15) is 0 Å². The summed E-state index contributed by atoms with van der Waals surface area (Å²) in [6, 6.07) is 9.03. The van der Waals surface area contributed by atoms with Crippen molar-refractivity contribution in [3.05, 3.63) is 70.8 Å². The third kappa shape index (κ3) is 2.46. The Balaban J connectivity index is 1.76. The Kier molecular flexibility index (Phi) is 3.61. The number of hydrogen-bond acceptors (Lipinski definition) is 4. The molecule has 5 nitrogen and oxygen atoms in total. The van der Waals surface area contributed by atoms with E-state index in [1.54, 1.807) is 12.1 Å². The molecule has 0 aliphatic carbocycles. The summed E-state index contributed by atoms with van der Waals surface area (Å²) in [5, 5.41) is 0. The zero-order chi connectivity index (χ0) is 16.6. The van der Waals surface area contributed by atoms with Crippen LogP contribution >= 0.6 is 0 Å². The van der Waals surface area contributed by atoms with Crippen LogP contribution in [0.2, 0.25) is 0 Å². The lowest BCUT2D eigenvalue weighted by Gasteiger charge is -2.14. The summed E-state index contributed by atoms with van der Waals surface area (Å²) in [6.45, 7) is -0.723. The maximum atomic E-state index is 13.5. The molecule has 116 valence electrons. The van der Waals surface area contributed by atoms with Gasteiger partial charge in [-0.3, -0.25) is 9.59 Å². The largest absolute Gasteiger partial charge is 0.440 e. The van der Waals surface area contributed by atoms with Gasteiger partial charge in [0.05, 0.1) is 11.1 Å². The van der Waals surface area contributed by atoms with Gasteiger partial charge in [-0.25, -0.2) is 18.5 Å². The van der Waals surface area contributed by atoms with Gasteiger partial charge in [0.15, 0.2) is 6.73 Å². The van der Waals surface area contributed by atoms with Crippen molar-refractivity contribution in [2.45, 2.75) is 0 Å². The number of fused-ring (bicyclic) bond motifs is 1. The van der Waals surface area contributed by atoms with Crippen LogP contribution in [0.1, 0.15) is 31.1 Å². The van der Waals surface area contributed by atoms with Crippen molar-refractivity contribution in [3.8, 4) is 0 Å². The van der Waals surface area contributed by atoms with Crippen LogP contribution in [0.25, 0.3) is 0 Å². The van der Waals surface area contributed by atoms with Crippen molar-refractivity contribution in [2.24, 2.45) is 0 Å². The van der Waals surface area contributed by atoms with E-state index in [0.717, 1.165) is 18.2 Å². The monoisotopic (exact) mass is 317 g/mol. The van der Waals surface area contributed by atoms with Crippen molar-refractivity contribution in [3.63, 3.8) is 0 Å². The van der Waals surface area contributed by atoms with Crippen molar-refractivity contribution in [2.75, 3.05) is 6.73 Å². The minimum Gasteiger partial charge on any atom is -0.440 e. The Bertz CT molecular complexity index is 779. The number of benzene rings is 2. The van der Waals surface area contributed by atoms with Crippen molar-refractivity contribution in [1.82, 2.24) is 4.90 Å². The lowest BCUT2D eigenvalue weighted by molar-refractivity contribution is 0.0221. The number of imide groups is 1. The molecule has 0 atom stereocenters. The first-order valence-electron chi connectivity index (χ1n) is 6.57. The van der Waals surface area contributed by atoms with Gasteiger partial charge >= 0.3 is 5.97 Å². The maximum absolute atomic E-state index is 13.5. The number of carbonyl (C=O) groups is 3. The number of halogens is 2. The Morgan fingerprint density at radius 1 is 0.913 bits per heavy atom. The number of carbonyl (C=O) groups excluding carboxylic acids is 3. The molecule has 0 bridgehead atoms. The third-order valence-corrected chi connectivity index (χ3v) is 3.37. The van der Waals surface area contributed by atoms with E-state index in [-0.39, 0.29) is 11.1 Å². The third-order valence-electron chi connectivity index (χ3n) is 3.37.